The molecule has 8 nitrogen and oxygen atoms in total. The molecule has 0 atom stereocenters. The van der Waals surface area contributed by atoms with Crippen LogP contribution in [0.3, 0.4) is 0 Å². The van der Waals surface area contributed by atoms with Gasteiger partial charge in [0, 0.05) is 12.1 Å². The lowest BCUT2D eigenvalue weighted by Crippen LogP contribution is -2.34. The van der Waals surface area contributed by atoms with Crippen molar-refractivity contribution < 1.29 is 14.6 Å². The Bertz CT molecular complexity index is 1160. The zero-order chi connectivity index (χ0) is 24.6. The average molecular weight is 483 g/mol. The summed E-state index contributed by atoms with van der Waals surface area (Å²) in [5.74, 6) is 0.987. The largest absolute Gasteiger partial charge is 0.393 e. The Morgan fingerprint density at radius 2 is 1.71 bits per heavy atom. The van der Waals surface area contributed by atoms with Crippen LogP contribution in [-0.2, 0) is 0 Å². The van der Waals surface area contributed by atoms with Crippen molar-refractivity contribution in [2.75, 3.05) is 10.6 Å². The Labute approximate surface area is 205 Å². The maximum absolute atomic E-state index is 14.5. The third-order valence-corrected chi connectivity index (χ3v) is 7.64. The van der Waals surface area contributed by atoms with Crippen LogP contribution in [0.1, 0.15) is 71.3 Å². The Morgan fingerprint density at radius 1 is 1.00 bits per heavy atom. The van der Waals surface area contributed by atoms with Crippen LogP contribution < -0.4 is 10.6 Å². The summed E-state index contributed by atoms with van der Waals surface area (Å²) in [4.78, 5) is 14.1. The highest BCUT2D eigenvalue weighted by Crippen LogP contribution is 2.40. The number of imidazole rings is 1. The van der Waals surface area contributed by atoms with E-state index in [9.17, 15) is 14.6 Å². The number of fused-ring (bicyclic) bond motifs is 1. The van der Waals surface area contributed by atoms with Crippen LogP contribution in [0.5, 0.6) is 0 Å². The third kappa shape index (κ3) is 5.26. The fraction of sp³-hybridized carbons (Fsp3) is 0.577. The van der Waals surface area contributed by atoms with Crippen molar-refractivity contribution in [2.45, 2.75) is 89.0 Å². The summed E-state index contributed by atoms with van der Waals surface area (Å²) >= 11 is 0. The van der Waals surface area contributed by atoms with Crippen LogP contribution in [0.2, 0.25) is 0 Å². The Balaban J connectivity index is 1.47. The maximum Gasteiger partial charge on any atom is 0.224 e. The number of aromatic nitrogens is 4. The molecule has 9 heteroatoms. The van der Waals surface area contributed by atoms with Crippen molar-refractivity contribution >= 4 is 28.7 Å². The van der Waals surface area contributed by atoms with E-state index in [1.54, 1.807) is 24.4 Å². The molecule has 3 aromatic rings. The molecule has 0 unspecified atom stereocenters. The van der Waals surface area contributed by atoms with Crippen LogP contribution >= 0.6 is 0 Å². The summed E-state index contributed by atoms with van der Waals surface area (Å²) in [7, 11) is 0. The standard InChI is InChI=1S/C26H35FN6O2/c1-26(2,35)16-7-11-18(12-8-16)33-23-22(31-25(33)30-21-6-4-3-5-20(21)27)15-28-24(32-23)29-17-9-13-19(34)14-10-17/h3-6,15-19,34-35H,7-14H2,1-2H3,(H,30,31)(H,28,29,32)/t16-,17-,18+,19-. The molecular formula is C26H35FN6O2. The lowest BCUT2D eigenvalue weighted by molar-refractivity contribution is -0.00457. The highest BCUT2D eigenvalue weighted by Gasteiger charge is 2.33. The monoisotopic (exact) mass is 482 g/mol. The Morgan fingerprint density at radius 3 is 2.40 bits per heavy atom. The van der Waals surface area contributed by atoms with E-state index < -0.39 is 5.60 Å². The first-order valence-corrected chi connectivity index (χ1v) is 12.7. The lowest BCUT2D eigenvalue weighted by atomic mass is 9.77. The fourth-order valence-electron chi connectivity index (χ4n) is 5.52. The smallest absolute Gasteiger partial charge is 0.224 e. The Hall–Kier alpha value is -2.78. The topological polar surface area (TPSA) is 108 Å². The van der Waals surface area contributed by atoms with Crippen LogP contribution in [0.25, 0.3) is 11.2 Å². The van der Waals surface area contributed by atoms with Crippen LogP contribution in [0.4, 0.5) is 22.0 Å². The molecule has 35 heavy (non-hydrogen) atoms. The summed E-state index contributed by atoms with van der Waals surface area (Å²) in [6, 6.07) is 6.92. The summed E-state index contributed by atoms with van der Waals surface area (Å²) in [6.07, 6.45) is 8.35. The van der Waals surface area contributed by atoms with Crippen molar-refractivity contribution in [3.8, 4) is 0 Å². The molecule has 4 N–H and O–H groups in total. The van der Waals surface area contributed by atoms with Gasteiger partial charge in [0.15, 0.2) is 5.65 Å². The molecule has 0 saturated heterocycles. The summed E-state index contributed by atoms with van der Waals surface area (Å²) in [5.41, 5.74) is 1.02. The number of hydrogen-bond donors (Lipinski definition) is 4. The van der Waals surface area contributed by atoms with Crippen LogP contribution in [0.15, 0.2) is 30.5 Å². The molecule has 2 aliphatic carbocycles. The minimum absolute atomic E-state index is 0.125. The quantitative estimate of drug-likeness (QED) is 0.395. The number of aliphatic hydroxyl groups is 2. The van der Waals surface area contributed by atoms with E-state index in [1.807, 2.05) is 13.8 Å². The number of nitrogens with one attached hydrogen (secondary N) is 2. The third-order valence-electron chi connectivity index (χ3n) is 7.64. The summed E-state index contributed by atoms with van der Waals surface area (Å²) in [5, 5.41) is 26.9. The lowest BCUT2D eigenvalue weighted by Gasteiger charge is -2.36. The van der Waals surface area contributed by atoms with E-state index >= 15 is 0 Å². The second-order valence-electron chi connectivity index (χ2n) is 10.6. The molecule has 0 spiro atoms. The Kier molecular flexibility index (Phi) is 6.63. The second kappa shape index (κ2) is 9.70. The van der Waals surface area contributed by atoms with Gasteiger partial charge < -0.3 is 20.8 Å². The van der Waals surface area contributed by atoms with Gasteiger partial charge in [-0.25, -0.2) is 14.4 Å². The van der Waals surface area contributed by atoms with Crippen molar-refractivity contribution in [3.63, 3.8) is 0 Å². The molecule has 0 radical (unpaired) electrons. The average Bonchev–Trinajstić information content (AvgIpc) is 3.19. The van der Waals surface area contributed by atoms with E-state index in [2.05, 4.69) is 20.2 Å². The molecular weight excluding hydrogens is 447 g/mol. The minimum atomic E-state index is -0.705. The van der Waals surface area contributed by atoms with Crippen LogP contribution in [0, 0.1) is 11.7 Å². The predicted molar refractivity (Wildman–Crippen MR) is 134 cm³/mol. The van der Waals surface area contributed by atoms with Crippen molar-refractivity contribution in [3.05, 3.63) is 36.3 Å². The molecule has 188 valence electrons. The fourth-order valence-corrected chi connectivity index (χ4v) is 5.52. The molecule has 0 aliphatic heterocycles. The predicted octanol–water partition coefficient (Wildman–Crippen LogP) is 4.93. The number of rotatable bonds is 6. The first-order chi connectivity index (χ1) is 16.8. The normalized spacial score (nSPS) is 25.5. The SMILES string of the molecule is CC(C)(O)[C@H]1CC[C@@H](n2c(Nc3ccccc3F)nc3cnc(N[C@H]4CC[C@H](O)CC4)nc32)CC1. The van der Waals surface area contributed by atoms with Gasteiger partial charge in [0.25, 0.3) is 0 Å². The van der Waals surface area contributed by atoms with Crippen molar-refractivity contribution in [1.29, 1.82) is 0 Å². The van der Waals surface area contributed by atoms with Gasteiger partial charge in [0.05, 0.1) is 23.6 Å². The maximum atomic E-state index is 14.5. The molecule has 5 rings (SSSR count). The van der Waals surface area contributed by atoms with E-state index in [1.165, 1.54) is 6.07 Å². The molecule has 1 aromatic carbocycles. The van der Waals surface area contributed by atoms with E-state index in [0.717, 1.165) is 51.4 Å². The first kappa shape index (κ1) is 23.9. The second-order valence-corrected chi connectivity index (χ2v) is 10.6. The molecule has 2 aliphatic rings. The van der Waals surface area contributed by atoms with Gasteiger partial charge in [-0.15, -0.1) is 0 Å². The molecule has 2 saturated carbocycles. The zero-order valence-corrected chi connectivity index (χ0v) is 20.4. The number of halogens is 1. The van der Waals surface area contributed by atoms with Gasteiger partial charge >= 0.3 is 0 Å². The number of anilines is 3. The van der Waals surface area contributed by atoms with Crippen molar-refractivity contribution in [1.82, 2.24) is 19.5 Å². The molecule has 2 heterocycles. The summed E-state index contributed by atoms with van der Waals surface area (Å²) < 4.78 is 16.5. The first-order valence-electron chi connectivity index (χ1n) is 12.7. The number of aliphatic hydroxyl groups excluding tert-OH is 1. The minimum Gasteiger partial charge on any atom is -0.393 e. The number of nitrogens with zero attached hydrogens (tertiary/aromatic N) is 4. The van der Waals surface area contributed by atoms with E-state index in [0.29, 0.717) is 28.7 Å². The van der Waals surface area contributed by atoms with Gasteiger partial charge in [-0.05, 0) is 83.3 Å². The van der Waals surface area contributed by atoms with Gasteiger partial charge in [-0.3, -0.25) is 4.57 Å². The van der Waals surface area contributed by atoms with Gasteiger partial charge in [0.2, 0.25) is 11.9 Å². The van der Waals surface area contributed by atoms with Gasteiger partial charge in [-0.2, -0.15) is 4.98 Å². The van der Waals surface area contributed by atoms with Gasteiger partial charge in [0.1, 0.15) is 11.3 Å². The molecule has 0 bridgehead atoms. The number of benzene rings is 1. The van der Waals surface area contributed by atoms with E-state index in [-0.39, 0.29) is 29.9 Å². The highest BCUT2D eigenvalue weighted by atomic mass is 19.1. The molecule has 2 fully saturated rings. The van der Waals surface area contributed by atoms with Crippen molar-refractivity contribution in [2.24, 2.45) is 5.92 Å². The number of para-hydroxylation sites is 1. The number of hydrogen-bond acceptors (Lipinski definition) is 7. The zero-order valence-electron chi connectivity index (χ0n) is 20.4. The molecule has 0 amide bonds. The summed E-state index contributed by atoms with van der Waals surface area (Å²) in [6.45, 7) is 3.76. The van der Waals surface area contributed by atoms with Gasteiger partial charge in [-0.1, -0.05) is 12.1 Å². The highest BCUT2D eigenvalue weighted by molar-refractivity contribution is 5.76. The van der Waals surface area contributed by atoms with E-state index in [4.69, 9.17) is 9.97 Å². The molecule has 2 aromatic heterocycles. The van der Waals surface area contributed by atoms with Crippen LogP contribution in [-0.4, -0.2) is 47.5 Å².